The first-order valence-electron chi connectivity index (χ1n) is 8.10. The van der Waals surface area contributed by atoms with E-state index in [9.17, 15) is 0 Å². The Labute approximate surface area is 133 Å². The largest absolute Gasteiger partial charge is 0.377 e. The number of aromatic nitrogens is 1. The molecule has 21 heavy (non-hydrogen) atoms. The van der Waals surface area contributed by atoms with E-state index in [0.717, 1.165) is 30.8 Å². The molecule has 0 spiro atoms. The van der Waals surface area contributed by atoms with Crippen LogP contribution in [0.1, 0.15) is 57.2 Å². The highest BCUT2D eigenvalue weighted by molar-refractivity contribution is 7.09. The SMILES string of the molecule is CCNC(Cc1csc(C)n1)C1(OC)CCC(C)(C)CC1. The van der Waals surface area contributed by atoms with Gasteiger partial charge in [-0.05, 0) is 44.6 Å². The Morgan fingerprint density at radius 2 is 2.00 bits per heavy atom. The maximum absolute atomic E-state index is 6.08. The summed E-state index contributed by atoms with van der Waals surface area (Å²) < 4.78 is 6.08. The van der Waals surface area contributed by atoms with Crippen molar-refractivity contribution in [1.29, 1.82) is 0 Å². The van der Waals surface area contributed by atoms with Crippen molar-refractivity contribution >= 4 is 11.3 Å². The minimum absolute atomic E-state index is 0.0386. The molecule has 1 unspecified atom stereocenters. The van der Waals surface area contributed by atoms with Crippen molar-refractivity contribution in [2.45, 2.75) is 71.4 Å². The molecule has 1 aromatic heterocycles. The van der Waals surface area contributed by atoms with E-state index in [4.69, 9.17) is 4.74 Å². The van der Waals surface area contributed by atoms with Crippen molar-refractivity contribution in [1.82, 2.24) is 10.3 Å². The Bertz CT molecular complexity index is 445. The number of thiazole rings is 1. The second kappa shape index (κ2) is 6.76. The molecule has 0 amide bonds. The van der Waals surface area contributed by atoms with E-state index >= 15 is 0 Å². The number of nitrogens with zero attached hydrogens (tertiary/aromatic N) is 1. The average molecular weight is 311 g/mol. The summed E-state index contributed by atoms with van der Waals surface area (Å²) in [5, 5.41) is 7.01. The van der Waals surface area contributed by atoms with Crippen LogP contribution in [0.25, 0.3) is 0 Å². The van der Waals surface area contributed by atoms with Crippen LogP contribution in [0.2, 0.25) is 0 Å². The van der Waals surface area contributed by atoms with Crippen LogP contribution in [0.5, 0.6) is 0 Å². The first kappa shape index (κ1) is 16.9. The van der Waals surface area contributed by atoms with Gasteiger partial charge in [0.05, 0.1) is 16.3 Å². The van der Waals surface area contributed by atoms with E-state index < -0.39 is 0 Å². The highest BCUT2D eigenvalue weighted by Crippen LogP contribution is 2.43. The standard InChI is InChI=1S/C17H30N2OS/c1-6-18-15(11-14-12-21-13(2)19-14)17(20-5)9-7-16(3,4)8-10-17/h12,15,18H,6-11H2,1-5H3. The Hall–Kier alpha value is -0.450. The number of ether oxygens (including phenoxy) is 1. The lowest BCUT2D eigenvalue weighted by molar-refractivity contribution is -0.0860. The molecule has 1 aromatic rings. The van der Waals surface area contributed by atoms with Gasteiger partial charge in [-0.15, -0.1) is 11.3 Å². The van der Waals surface area contributed by atoms with Gasteiger partial charge in [0.25, 0.3) is 0 Å². The van der Waals surface area contributed by atoms with E-state index in [0.29, 0.717) is 11.5 Å². The van der Waals surface area contributed by atoms with E-state index in [1.54, 1.807) is 11.3 Å². The van der Waals surface area contributed by atoms with E-state index in [-0.39, 0.29) is 5.60 Å². The molecule has 0 aromatic carbocycles. The zero-order chi connectivity index (χ0) is 15.5. The van der Waals surface area contributed by atoms with Gasteiger partial charge in [0.15, 0.2) is 0 Å². The summed E-state index contributed by atoms with van der Waals surface area (Å²) in [6.07, 6.45) is 5.71. The van der Waals surface area contributed by atoms with Crippen LogP contribution in [-0.4, -0.2) is 30.3 Å². The molecule has 1 aliphatic rings. The van der Waals surface area contributed by atoms with Crippen molar-refractivity contribution < 1.29 is 4.74 Å². The topological polar surface area (TPSA) is 34.2 Å². The van der Waals surface area contributed by atoms with Gasteiger partial charge in [-0.3, -0.25) is 0 Å². The molecule has 1 fully saturated rings. The number of aryl methyl sites for hydroxylation is 1. The van der Waals surface area contributed by atoms with Crippen molar-refractivity contribution in [2.24, 2.45) is 5.41 Å². The van der Waals surface area contributed by atoms with Gasteiger partial charge >= 0.3 is 0 Å². The third-order valence-corrected chi connectivity index (χ3v) is 5.84. The van der Waals surface area contributed by atoms with Gasteiger partial charge < -0.3 is 10.1 Å². The molecule has 0 bridgehead atoms. The Morgan fingerprint density at radius 3 is 2.48 bits per heavy atom. The lowest BCUT2D eigenvalue weighted by Gasteiger charge is -2.47. The summed E-state index contributed by atoms with van der Waals surface area (Å²) in [7, 11) is 1.88. The number of hydrogen-bond donors (Lipinski definition) is 1. The quantitative estimate of drug-likeness (QED) is 0.863. The van der Waals surface area contributed by atoms with Gasteiger partial charge in [-0.1, -0.05) is 20.8 Å². The zero-order valence-corrected chi connectivity index (χ0v) is 15.0. The molecule has 120 valence electrons. The Balaban J connectivity index is 2.14. The molecule has 0 radical (unpaired) electrons. The van der Waals surface area contributed by atoms with Crippen LogP contribution in [0.4, 0.5) is 0 Å². The Morgan fingerprint density at radius 1 is 1.33 bits per heavy atom. The van der Waals surface area contributed by atoms with Crippen LogP contribution >= 0.6 is 11.3 Å². The van der Waals surface area contributed by atoms with E-state index in [1.165, 1.54) is 18.5 Å². The van der Waals surface area contributed by atoms with Gasteiger partial charge in [-0.2, -0.15) is 0 Å². The van der Waals surface area contributed by atoms with Crippen LogP contribution in [0.3, 0.4) is 0 Å². The van der Waals surface area contributed by atoms with Crippen molar-refractivity contribution in [2.75, 3.05) is 13.7 Å². The fourth-order valence-electron chi connectivity index (χ4n) is 3.45. The molecule has 1 atom stereocenters. The van der Waals surface area contributed by atoms with Gasteiger partial charge in [0, 0.05) is 25.0 Å². The normalized spacial score (nSPS) is 22.1. The second-order valence-electron chi connectivity index (χ2n) is 7.11. The summed E-state index contributed by atoms with van der Waals surface area (Å²) in [6.45, 7) is 9.97. The molecule has 1 heterocycles. The smallest absolute Gasteiger partial charge is 0.0897 e. The number of nitrogens with one attached hydrogen (secondary N) is 1. The summed E-state index contributed by atoms with van der Waals surface area (Å²) in [4.78, 5) is 4.64. The van der Waals surface area contributed by atoms with Gasteiger partial charge in [0.1, 0.15) is 0 Å². The fourth-order valence-corrected chi connectivity index (χ4v) is 4.07. The average Bonchev–Trinajstić information content (AvgIpc) is 2.85. The monoisotopic (exact) mass is 310 g/mol. The summed E-state index contributed by atoms with van der Waals surface area (Å²) in [6, 6.07) is 0.352. The summed E-state index contributed by atoms with van der Waals surface area (Å²) in [5.41, 5.74) is 1.61. The first-order chi connectivity index (χ1) is 9.91. The molecule has 2 rings (SSSR count). The van der Waals surface area contributed by atoms with Crippen molar-refractivity contribution in [3.63, 3.8) is 0 Å². The molecule has 3 nitrogen and oxygen atoms in total. The van der Waals surface area contributed by atoms with Crippen LogP contribution in [-0.2, 0) is 11.2 Å². The number of likely N-dealkylation sites (N-methyl/N-ethyl adjacent to an activating group) is 1. The van der Waals surface area contributed by atoms with Crippen LogP contribution in [0, 0.1) is 12.3 Å². The van der Waals surface area contributed by atoms with E-state index in [2.05, 4.69) is 43.4 Å². The van der Waals surface area contributed by atoms with Crippen molar-refractivity contribution in [3.05, 3.63) is 16.1 Å². The summed E-state index contributed by atoms with van der Waals surface area (Å²) in [5.74, 6) is 0. The molecule has 1 aliphatic carbocycles. The fraction of sp³-hybridized carbons (Fsp3) is 0.824. The molecule has 0 saturated heterocycles. The molecule has 1 saturated carbocycles. The molecule has 0 aliphatic heterocycles. The molecule has 1 N–H and O–H groups in total. The maximum atomic E-state index is 6.08. The van der Waals surface area contributed by atoms with Crippen LogP contribution in [0.15, 0.2) is 5.38 Å². The molecular formula is C17H30N2OS. The number of methoxy groups -OCH3 is 1. The molecule has 4 heteroatoms. The highest BCUT2D eigenvalue weighted by atomic mass is 32.1. The highest BCUT2D eigenvalue weighted by Gasteiger charge is 2.44. The summed E-state index contributed by atoms with van der Waals surface area (Å²) >= 11 is 1.74. The second-order valence-corrected chi connectivity index (χ2v) is 8.17. The van der Waals surface area contributed by atoms with E-state index in [1.807, 2.05) is 7.11 Å². The first-order valence-corrected chi connectivity index (χ1v) is 8.98. The predicted octanol–water partition coefficient (Wildman–Crippen LogP) is 3.96. The number of hydrogen-bond acceptors (Lipinski definition) is 4. The lowest BCUT2D eigenvalue weighted by Crippen LogP contribution is -2.55. The van der Waals surface area contributed by atoms with Crippen molar-refractivity contribution in [3.8, 4) is 0 Å². The van der Waals surface area contributed by atoms with Gasteiger partial charge in [0.2, 0.25) is 0 Å². The Kier molecular flexibility index (Phi) is 5.44. The third-order valence-electron chi connectivity index (χ3n) is 5.02. The minimum Gasteiger partial charge on any atom is -0.377 e. The third kappa shape index (κ3) is 4.05. The lowest BCUT2D eigenvalue weighted by atomic mass is 9.68. The van der Waals surface area contributed by atoms with Crippen LogP contribution < -0.4 is 5.32 Å². The predicted molar refractivity (Wildman–Crippen MR) is 90.0 cm³/mol. The zero-order valence-electron chi connectivity index (χ0n) is 14.2. The maximum Gasteiger partial charge on any atom is 0.0897 e. The van der Waals surface area contributed by atoms with Gasteiger partial charge in [-0.25, -0.2) is 4.98 Å². The number of rotatable bonds is 6. The molecular weight excluding hydrogens is 280 g/mol. The minimum atomic E-state index is -0.0386.